The highest BCUT2D eigenvalue weighted by molar-refractivity contribution is 7.99. The van der Waals surface area contributed by atoms with E-state index in [4.69, 9.17) is 11.6 Å². The minimum Gasteiger partial charge on any atom is -0.299 e. The lowest BCUT2D eigenvalue weighted by molar-refractivity contribution is 0.579. The predicted octanol–water partition coefficient (Wildman–Crippen LogP) is 2.79. The third-order valence-corrected chi connectivity index (χ3v) is 4.52. The van der Waals surface area contributed by atoms with Crippen molar-refractivity contribution in [3.05, 3.63) is 57.7 Å². The second-order valence-electron chi connectivity index (χ2n) is 4.25. The van der Waals surface area contributed by atoms with Crippen LogP contribution in [0.4, 0.5) is 0 Å². The Morgan fingerprint density at radius 1 is 1.44 bits per heavy atom. The molecule has 0 saturated heterocycles. The zero-order valence-electron chi connectivity index (χ0n) is 9.54. The fourth-order valence-corrected chi connectivity index (χ4v) is 3.54. The summed E-state index contributed by atoms with van der Waals surface area (Å²) in [5.74, 6) is 1.38. The van der Waals surface area contributed by atoms with E-state index in [9.17, 15) is 4.79 Å². The largest absolute Gasteiger partial charge is 0.299 e. The van der Waals surface area contributed by atoms with Crippen molar-refractivity contribution in [3.63, 3.8) is 0 Å². The number of hydrogen-bond donors (Lipinski definition) is 0. The van der Waals surface area contributed by atoms with Crippen molar-refractivity contribution >= 4 is 23.4 Å². The summed E-state index contributed by atoms with van der Waals surface area (Å²) >= 11 is 7.53. The van der Waals surface area contributed by atoms with E-state index in [1.165, 1.54) is 22.9 Å². The van der Waals surface area contributed by atoms with Crippen LogP contribution in [0, 0.1) is 0 Å². The van der Waals surface area contributed by atoms with Crippen molar-refractivity contribution in [2.45, 2.75) is 17.4 Å². The van der Waals surface area contributed by atoms with E-state index in [1.807, 2.05) is 23.9 Å². The summed E-state index contributed by atoms with van der Waals surface area (Å²) in [6.45, 7) is 0.660. The zero-order valence-corrected chi connectivity index (χ0v) is 11.1. The third-order valence-electron chi connectivity index (χ3n) is 3.06. The Hall–Kier alpha value is -1.26. The number of benzene rings is 1. The maximum absolute atomic E-state index is 11.8. The number of halogens is 1. The maximum atomic E-state index is 11.8. The number of fused-ring (bicyclic) bond motifs is 1. The maximum Gasteiger partial charge on any atom is 0.254 e. The molecule has 1 aliphatic rings. The van der Waals surface area contributed by atoms with Crippen LogP contribution >= 0.6 is 23.4 Å². The van der Waals surface area contributed by atoms with Gasteiger partial charge in [-0.15, -0.1) is 11.8 Å². The van der Waals surface area contributed by atoms with E-state index in [-0.39, 0.29) is 10.7 Å². The van der Waals surface area contributed by atoms with E-state index < -0.39 is 0 Å². The van der Waals surface area contributed by atoms with Crippen LogP contribution in [0.5, 0.6) is 0 Å². The minimum absolute atomic E-state index is 0.0932. The van der Waals surface area contributed by atoms with Gasteiger partial charge < -0.3 is 0 Å². The molecule has 1 aromatic carbocycles. The number of rotatable bonds is 2. The molecule has 1 aliphatic heterocycles. The van der Waals surface area contributed by atoms with E-state index in [2.05, 4.69) is 17.1 Å². The molecule has 18 heavy (non-hydrogen) atoms. The summed E-state index contributed by atoms with van der Waals surface area (Å²) in [5, 5.41) is 0.248. The van der Waals surface area contributed by atoms with Crippen LogP contribution < -0.4 is 5.56 Å². The molecule has 0 saturated carbocycles. The summed E-state index contributed by atoms with van der Waals surface area (Å²) in [5.41, 5.74) is 1.23. The summed E-state index contributed by atoms with van der Waals surface area (Å²) < 4.78 is 1.62. The lowest BCUT2D eigenvalue weighted by Crippen LogP contribution is -2.22. The van der Waals surface area contributed by atoms with E-state index in [1.54, 1.807) is 4.57 Å². The molecule has 1 unspecified atom stereocenters. The quantitative estimate of drug-likeness (QED) is 0.793. The molecule has 0 N–H and O–H groups in total. The summed E-state index contributed by atoms with van der Waals surface area (Å²) in [6, 6.07) is 9.71. The molecule has 0 spiro atoms. The van der Waals surface area contributed by atoms with Crippen LogP contribution in [0.25, 0.3) is 0 Å². The SMILES string of the molecule is O=c1cc(Cl)ncn1CC1CSc2ccccc21. The van der Waals surface area contributed by atoms with Gasteiger partial charge in [-0.1, -0.05) is 29.8 Å². The Balaban J connectivity index is 1.89. The Bertz CT molecular complexity index is 641. The molecular weight excluding hydrogens is 268 g/mol. The Morgan fingerprint density at radius 3 is 3.11 bits per heavy atom. The lowest BCUT2D eigenvalue weighted by Gasteiger charge is -2.12. The van der Waals surface area contributed by atoms with Gasteiger partial charge in [0.15, 0.2) is 0 Å². The fourth-order valence-electron chi connectivity index (χ4n) is 2.16. The van der Waals surface area contributed by atoms with E-state index in [0.29, 0.717) is 12.5 Å². The first-order chi connectivity index (χ1) is 8.74. The van der Waals surface area contributed by atoms with Gasteiger partial charge in [-0.05, 0) is 11.6 Å². The molecule has 5 heteroatoms. The van der Waals surface area contributed by atoms with Crippen LogP contribution in [0.1, 0.15) is 11.5 Å². The van der Waals surface area contributed by atoms with Crippen molar-refractivity contribution in [1.29, 1.82) is 0 Å². The summed E-state index contributed by atoms with van der Waals surface area (Å²) in [4.78, 5) is 17.0. The first-order valence-corrected chi connectivity index (χ1v) is 7.04. The molecule has 92 valence electrons. The smallest absolute Gasteiger partial charge is 0.254 e. The standard InChI is InChI=1S/C13H11ClN2OS/c14-12-5-13(17)16(8-15-12)6-9-7-18-11-4-2-1-3-10(9)11/h1-5,8-9H,6-7H2. The first kappa shape index (κ1) is 11.8. The normalized spacial score (nSPS) is 17.7. The zero-order chi connectivity index (χ0) is 12.5. The highest BCUT2D eigenvalue weighted by Crippen LogP contribution is 2.39. The van der Waals surface area contributed by atoms with Crippen LogP contribution in [0.15, 0.2) is 46.3 Å². The predicted molar refractivity (Wildman–Crippen MR) is 73.4 cm³/mol. The number of thioether (sulfide) groups is 1. The number of aromatic nitrogens is 2. The molecule has 0 aliphatic carbocycles. The average Bonchev–Trinajstić information content (AvgIpc) is 2.76. The Morgan fingerprint density at radius 2 is 2.28 bits per heavy atom. The molecule has 3 nitrogen and oxygen atoms in total. The van der Waals surface area contributed by atoms with Gasteiger partial charge in [0.2, 0.25) is 0 Å². The topological polar surface area (TPSA) is 34.9 Å². The van der Waals surface area contributed by atoms with Crippen molar-refractivity contribution in [2.24, 2.45) is 0 Å². The van der Waals surface area contributed by atoms with E-state index in [0.717, 1.165) is 5.75 Å². The van der Waals surface area contributed by atoms with E-state index >= 15 is 0 Å². The second kappa shape index (κ2) is 4.78. The minimum atomic E-state index is -0.0932. The molecule has 0 bridgehead atoms. The molecule has 2 aromatic rings. The van der Waals surface area contributed by atoms with Gasteiger partial charge in [0.05, 0.1) is 6.33 Å². The molecule has 0 radical (unpaired) electrons. The fraction of sp³-hybridized carbons (Fsp3) is 0.231. The summed E-state index contributed by atoms with van der Waals surface area (Å²) in [7, 11) is 0. The van der Waals surface area contributed by atoms with Crippen molar-refractivity contribution in [1.82, 2.24) is 9.55 Å². The Kier molecular flexibility index (Phi) is 3.14. The molecule has 3 rings (SSSR count). The molecule has 0 fully saturated rings. The number of nitrogens with zero attached hydrogens (tertiary/aromatic N) is 2. The van der Waals surface area contributed by atoms with Gasteiger partial charge in [0.1, 0.15) is 5.15 Å². The summed E-state index contributed by atoms with van der Waals surface area (Å²) in [6.07, 6.45) is 1.52. The van der Waals surface area contributed by atoms with Crippen LogP contribution in [-0.4, -0.2) is 15.3 Å². The van der Waals surface area contributed by atoms with Crippen LogP contribution in [0.3, 0.4) is 0 Å². The van der Waals surface area contributed by atoms with Crippen molar-refractivity contribution < 1.29 is 0 Å². The monoisotopic (exact) mass is 278 g/mol. The van der Waals surface area contributed by atoms with Crippen LogP contribution in [0.2, 0.25) is 5.15 Å². The molecule has 1 aromatic heterocycles. The molecular formula is C13H11ClN2OS. The van der Waals surface area contributed by atoms with Gasteiger partial charge in [0, 0.05) is 29.2 Å². The van der Waals surface area contributed by atoms with Gasteiger partial charge in [-0.2, -0.15) is 0 Å². The lowest BCUT2D eigenvalue weighted by atomic mass is 10.0. The van der Waals surface area contributed by atoms with Crippen molar-refractivity contribution in [2.75, 3.05) is 5.75 Å². The van der Waals surface area contributed by atoms with Gasteiger partial charge in [-0.3, -0.25) is 9.36 Å². The van der Waals surface area contributed by atoms with Gasteiger partial charge >= 0.3 is 0 Å². The number of hydrogen-bond acceptors (Lipinski definition) is 3. The van der Waals surface area contributed by atoms with Gasteiger partial charge in [-0.25, -0.2) is 4.98 Å². The highest BCUT2D eigenvalue weighted by atomic mass is 35.5. The van der Waals surface area contributed by atoms with Gasteiger partial charge in [0.25, 0.3) is 5.56 Å². The van der Waals surface area contributed by atoms with Crippen LogP contribution in [-0.2, 0) is 6.54 Å². The molecule has 2 heterocycles. The first-order valence-electron chi connectivity index (χ1n) is 5.68. The molecule has 0 amide bonds. The molecule has 1 atom stereocenters. The second-order valence-corrected chi connectivity index (χ2v) is 5.70. The Labute approximate surface area is 114 Å². The van der Waals surface area contributed by atoms with Crippen molar-refractivity contribution in [3.8, 4) is 0 Å². The third kappa shape index (κ3) is 2.18. The average molecular weight is 279 g/mol. The highest BCUT2D eigenvalue weighted by Gasteiger charge is 2.23.